The van der Waals surface area contributed by atoms with Crippen LogP contribution in [0.15, 0.2) is 54.4 Å². The highest BCUT2D eigenvalue weighted by molar-refractivity contribution is 6.10. The topological polar surface area (TPSA) is 90.8 Å². The van der Waals surface area contributed by atoms with Crippen LogP contribution in [0.1, 0.15) is 5.56 Å². The lowest BCUT2D eigenvalue weighted by Gasteiger charge is -2.05. The molecule has 0 aliphatic carbocycles. The van der Waals surface area contributed by atoms with Crippen LogP contribution in [0.5, 0.6) is 5.88 Å². The first-order valence-corrected chi connectivity index (χ1v) is 7.20. The fraction of sp³-hybridized carbons (Fsp3) is 0.0556. The smallest absolute Gasteiger partial charge is 0.266 e. The Morgan fingerprint density at radius 1 is 1.33 bits per heavy atom. The van der Waals surface area contributed by atoms with E-state index in [2.05, 4.69) is 15.3 Å². The van der Waals surface area contributed by atoms with Gasteiger partial charge < -0.3 is 15.0 Å². The normalized spacial score (nSPS) is 11.1. The molecule has 0 aliphatic heterocycles. The Hall–Kier alpha value is -3.59. The van der Waals surface area contributed by atoms with Gasteiger partial charge in [-0.3, -0.25) is 4.79 Å². The van der Waals surface area contributed by atoms with E-state index in [0.717, 1.165) is 16.5 Å². The quantitative estimate of drug-likeness (QED) is 0.571. The highest BCUT2D eigenvalue weighted by atomic mass is 16.5. The number of hydrogen-bond donors (Lipinski definition) is 2. The van der Waals surface area contributed by atoms with Gasteiger partial charge in [0, 0.05) is 23.2 Å². The molecule has 0 radical (unpaired) electrons. The van der Waals surface area contributed by atoms with Crippen molar-refractivity contribution in [2.24, 2.45) is 0 Å². The summed E-state index contributed by atoms with van der Waals surface area (Å²) in [4.78, 5) is 19.4. The summed E-state index contributed by atoms with van der Waals surface area (Å²) in [5, 5.41) is 12.9. The molecule has 6 heteroatoms. The molecular formula is C18H14N4O2. The van der Waals surface area contributed by atoms with E-state index in [-0.39, 0.29) is 5.57 Å². The summed E-state index contributed by atoms with van der Waals surface area (Å²) in [6.45, 7) is 0. The molecule has 0 saturated carbocycles. The lowest BCUT2D eigenvalue weighted by atomic mass is 10.1. The summed E-state index contributed by atoms with van der Waals surface area (Å²) < 4.78 is 4.96. The molecule has 24 heavy (non-hydrogen) atoms. The van der Waals surface area contributed by atoms with Crippen molar-refractivity contribution >= 4 is 28.6 Å². The first-order chi connectivity index (χ1) is 11.7. The van der Waals surface area contributed by atoms with Gasteiger partial charge in [-0.15, -0.1) is 0 Å². The van der Waals surface area contributed by atoms with Crippen molar-refractivity contribution in [3.63, 3.8) is 0 Å². The van der Waals surface area contributed by atoms with Crippen molar-refractivity contribution in [3.05, 3.63) is 59.9 Å². The van der Waals surface area contributed by atoms with Gasteiger partial charge in [-0.1, -0.05) is 12.1 Å². The first-order valence-electron chi connectivity index (χ1n) is 7.20. The number of rotatable bonds is 4. The standard InChI is InChI=1S/C18H14N4O2/c1-24-17-6-5-14(11-21-17)22-18(23)13(10-19)9-12-3-2-4-16-15(12)7-8-20-16/h2-9,11,20H,1H3,(H,22,23)/b13-9+. The number of aromatic nitrogens is 2. The van der Waals surface area contributed by atoms with Gasteiger partial charge in [0.25, 0.3) is 5.91 Å². The number of carbonyl (C=O) groups is 1. The number of nitriles is 1. The Morgan fingerprint density at radius 2 is 2.21 bits per heavy atom. The van der Waals surface area contributed by atoms with Crippen LogP contribution < -0.4 is 10.1 Å². The molecule has 1 amide bonds. The van der Waals surface area contributed by atoms with Crippen molar-refractivity contribution in [1.29, 1.82) is 5.26 Å². The SMILES string of the molecule is COc1ccc(NC(=O)/C(C#N)=C/c2cccc3[nH]ccc23)cn1. The molecule has 0 fully saturated rings. The van der Waals surface area contributed by atoms with Crippen LogP contribution in [-0.4, -0.2) is 23.0 Å². The molecule has 0 spiro atoms. The number of hydrogen-bond acceptors (Lipinski definition) is 4. The van der Waals surface area contributed by atoms with Gasteiger partial charge in [0.15, 0.2) is 0 Å². The Balaban J connectivity index is 1.86. The number of aromatic amines is 1. The zero-order valence-electron chi connectivity index (χ0n) is 12.9. The molecule has 3 aromatic rings. The number of anilines is 1. The van der Waals surface area contributed by atoms with Crippen molar-refractivity contribution in [2.45, 2.75) is 0 Å². The number of ether oxygens (including phenoxy) is 1. The van der Waals surface area contributed by atoms with E-state index in [9.17, 15) is 10.1 Å². The van der Waals surface area contributed by atoms with E-state index < -0.39 is 5.91 Å². The van der Waals surface area contributed by atoms with E-state index in [1.165, 1.54) is 13.3 Å². The van der Waals surface area contributed by atoms with Crippen molar-refractivity contribution in [3.8, 4) is 11.9 Å². The first kappa shape index (κ1) is 15.3. The number of nitrogens with one attached hydrogen (secondary N) is 2. The summed E-state index contributed by atoms with van der Waals surface area (Å²) in [7, 11) is 1.51. The Bertz CT molecular complexity index is 949. The van der Waals surface area contributed by atoms with Crippen molar-refractivity contribution in [2.75, 3.05) is 12.4 Å². The fourth-order valence-electron chi connectivity index (χ4n) is 2.31. The highest BCUT2D eigenvalue weighted by Crippen LogP contribution is 2.20. The predicted octanol–water partition coefficient (Wildman–Crippen LogP) is 3.12. The van der Waals surface area contributed by atoms with Gasteiger partial charge in [0.1, 0.15) is 11.6 Å². The van der Waals surface area contributed by atoms with Gasteiger partial charge in [-0.25, -0.2) is 4.98 Å². The van der Waals surface area contributed by atoms with Crippen LogP contribution in [0.3, 0.4) is 0 Å². The highest BCUT2D eigenvalue weighted by Gasteiger charge is 2.11. The molecule has 1 aromatic carbocycles. The molecule has 0 bridgehead atoms. The fourth-order valence-corrected chi connectivity index (χ4v) is 2.31. The maximum absolute atomic E-state index is 12.3. The molecule has 6 nitrogen and oxygen atoms in total. The van der Waals surface area contributed by atoms with Gasteiger partial charge in [-0.05, 0) is 29.8 Å². The van der Waals surface area contributed by atoms with Crippen molar-refractivity contribution < 1.29 is 9.53 Å². The van der Waals surface area contributed by atoms with Crippen LogP contribution in [-0.2, 0) is 4.79 Å². The second-order valence-corrected chi connectivity index (χ2v) is 5.00. The van der Waals surface area contributed by atoms with Crippen LogP contribution in [0.2, 0.25) is 0 Å². The number of carbonyl (C=O) groups excluding carboxylic acids is 1. The number of nitrogens with zero attached hydrogens (tertiary/aromatic N) is 2. The maximum Gasteiger partial charge on any atom is 0.266 e. The molecule has 2 heterocycles. The molecule has 3 rings (SSSR count). The minimum absolute atomic E-state index is 0.0134. The summed E-state index contributed by atoms with van der Waals surface area (Å²) in [6.07, 6.45) is 4.86. The minimum Gasteiger partial charge on any atom is -0.481 e. The summed E-state index contributed by atoms with van der Waals surface area (Å²) in [5.41, 5.74) is 2.25. The largest absolute Gasteiger partial charge is 0.481 e. The lowest BCUT2D eigenvalue weighted by molar-refractivity contribution is -0.112. The molecular weight excluding hydrogens is 304 g/mol. The van der Waals surface area contributed by atoms with E-state index in [4.69, 9.17) is 4.74 Å². The number of fused-ring (bicyclic) bond motifs is 1. The molecule has 0 aliphatic rings. The zero-order chi connectivity index (χ0) is 16.9. The monoisotopic (exact) mass is 318 g/mol. The van der Waals surface area contributed by atoms with Crippen molar-refractivity contribution in [1.82, 2.24) is 9.97 Å². The predicted molar refractivity (Wildman–Crippen MR) is 91.3 cm³/mol. The van der Waals surface area contributed by atoms with E-state index in [1.54, 1.807) is 18.2 Å². The summed E-state index contributed by atoms with van der Waals surface area (Å²) in [6, 6.07) is 12.8. The molecule has 2 aromatic heterocycles. The third-order valence-electron chi connectivity index (χ3n) is 3.50. The average Bonchev–Trinajstić information content (AvgIpc) is 3.09. The average molecular weight is 318 g/mol. The van der Waals surface area contributed by atoms with Gasteiger partial charge in [0.2, 0.25) is 5.88 Å². The lowest BCUT2D eigenvalue weighted by Crippen LogP contribution is -2.13. The van der Waals surface area contributed by atoms with E-state index in [0.29, 0.717) is 11.6 Å². The number of pyridine rings is 1. The third-order valence-corrected chi connectivity index (χ3v) is 3.50. The van der Waals surface area contributed by atoms with Gasteiger partial charge in [-0.2, -0.15) is 5.26 Å². The molecule has 0 atom stereocenters. The van der Waals surface area contributed by atoms with E-state index in [1.807, 2.05) is 36.5 Å². The molecule has 0 saturated heterocycles. The Morgan fingerprint density at radius 3 is 2.92 bits per heavy atom. The number of benzene rings is 1. The van der Waals surface area contributed by atoms with Gasteiger partial charge >= 0.3 is 0 Å². The number of amides is 1. The Labute approximate surface area is 138 Å². The third kappa shape index (κ3) is 3.10. The molecule has 118 valence electrons. The van der Waals surface area contributed by atoms with Crippen LogP contribution in [0, 0.1) is 11.3 Å². The second kappa shape index (κ2) is 6.67. The Kier molecular flexibility index (Phi) is 4.25. The zero-order valence-corrected chi connectivity index (χ0v) is 12.9. The van der Waals surface area contributed by atoms with E-state index >= 15 is 0 Å². The van der Waals surface area contributed by atoms with Gasteiger partial charge in [0.05, 0.1) is 19.0 Å². The summed E-state index contributed by atoms with van der Waals surface area (Å²) >= 11 is 0. The van der Waals surface area contributed by atoms with Crippen LogP contribution in [0.4, 0.5) is 5.69 Å². The number of H-pyrrole nitrogens is 1. The number of methoxy groups -OCH3 is 1. The summed E-state index contributed by atoms with van der Waals surface area (Å²) in [5.74, 6) is -0.0415. The molecule has 2 N–H and O–H groups in total. The molecule has 0 unspecified atom stereocenters. The maximum atomic E-state index is 12.3. The second-order valence-electron chi connectivity index (χ2n) is 5.00. The van der Waals surface area contributed by atoms with Crippen LogP contribution in [0.25, 0.3) is 17.0 Å². The van der Waals surface area contributed by atoms with Crippen LogP contribution >= 0.6 is 0 Å². The minimum atomic E-state index is -0.489.